The summed E-state index contributed by atoms with van der Waals surface area (Å²) in [5, 5.41) is 3.81. The highest BCUT2D eigenvalue weighted by atomic mass is 32.2. The lowest BCUT2D eigenvalue weighted by Gasteiger charge is -2.36. The first-order valence-electron chi connectivity index (χ1n) is 6.73. The van der Waals surface area contributed by atoms with E-state index in [1.165, 1.54) is 30.8 Å². The minimum atomic E-state index is 0.526. The van der Waals surface area contributed by atoms with Crippen molar-refractivity contribution >= 4 is 11.8 Å². The SMILES string of the molecule is CC(C)CCC(C)NC1CSCC(C)(C)C1. The zero-order valence-electron chi connectivity index (χ0n) is 11.7. The molecule has 0 saturated carbocycles. The van der Waals surface area contributed by atoms with Gasteiger partial charge in [0.25, 0.3) is 0 Å². The Kier molecular flexibility index (Phi) is 5.66. The summed E-state index contributed by atoms with van der Waals surface area (Å²) in [7, 11) is 0. The van der Waals surface area contributed by atoms with Gasteiger partial charge in [0.15, 0.2) is 0 Å². The molecule has 0 radical (unpaired) electrons. The van der Waals surface area contributed by atoms with Crippen LogP contribution in [0.5, 0.6) is 0 Å². The van der Waals surface area contributed by atoms with Crippen LogP contribution in [-0.2, 0) is 0 Å². The molecule has 1 heterocycles. The summed E-state index contributed by atoms with van der Waals surface area (Å²) in [6.07, 6.45) is 4.00. The summed E-state index contributed by atoms with van der Waals surface area (Å²) in [5.41, 5.74) is 0.526. The van der Waals surface area contributed by atoms with Crippen LogP contribution in [0.15, 0.2) is 0 Å². The fourth-order valence-corrected chi connectivity index (χ4v) is 3.73. The molecule has 0 bridgehead atoms. The Bertz CT molecular complexity index is 201. The third kappa shape index (κ3) is 5.58. The van der Waals surface area contributed by atoms with E-state index in [1.807, 2.05) is 0 Å². The molecule has 0 aromatic carbocycles. The van der Waals surface area contributed by atoms with Crippen LogP contribution in [0.3, 0.4) is 0 Å². The number of thioether (sulfide) groups is 1. The molecule has 2 atom stereocenters. The Morgan fingerprint density at radius 2 is 1.94 bits per heavy atom. The van der Waals surface area contributed by atoms with Crippen molar-refractivity contribution in [3.8, 4) is 0 Å². The topological polar surface area (TPSA) is 12.0 Å². The highest BCUT2D eigenvalue weighted by Crippen LogP contribution is 2.33. The van der Waals surface area contributed by atoms with E-state index in [4.69, 9.17) is 0 Å². The fourth-order valence-electron chi connectivity index (χ4n) is 2.44. The van der Waals surface area contributed by atoms with Crippen molar-refractivity contribution in [1.29, 1.82) is 0 Å². The smallest absolute Gasteiger partial charge is 0.0166 e. The van der Waals surface area contributed by atoms with Gasteiger partial charge in [-0.2, -0.15) is 11.8 Å². The van der Waals surface area contributed by atoms with Gasteiger partial charge in [-0.25, -0.2) is 0 Å². The van der Waals surface area contributed by atoms with Crippen LogP contribution < -0.4 is 5.32 Å². The van der Waals surface area contributed by atoms with E-state index in [0.29, 0.717) is 11.5 Å². The van der Waals surface area contributed by atoms with E-state index < -0.39 is 0 Å². The Balaban J connectivity index is 2.25. The van der Waals surface area contributed by atoms with Gasteiger partial charge in [0.05, 0.1) is 0 Å². The van der Waals surface area contributed by atoms with Crippen LogP contribution in [0.4, 0.5) is 0 Å². The summed E-state index contributed by atoms with van der Waals surface area (Å²) in [6.45, 7) is 11.8. The first-order chi connectivity index (χ1) is 7.39. The second-order valence-corrected chi connectivity index (χ2v) is 7.65. The molecular formula is C14H29NS. The van der Waals surface area contributed by atoms with Crippen molar-refractivity contribution in [2.75, 3.05) is 11.5 Å². The summed E-state index contributed by atoms with van der Waals surface area (Å²) in [5.74, 6) is 3.46. The van der Waals surface area contributed by atoms with Gasteiger partial charge in [0.1, 0.15) is 0 Å². The Morgan fingerprint density at radius 3 is 2.50 bits per heavy atom. The maximum atomic E-state index is 3.81. The molecule has 0 aromatic heterocycles. The fraction of sp³-hybridized carbons (Fsp3) is 1.00. The quantitative estimate of drug-likeness (QED) is 0.785. The average molecular weight is 243 g/mol. The molecule has 0 aliphatic carbocycles. The molecule has 2 heteroatoms. The molecule has 1 aliphatic rings. The minimum absolute atomic E-state index is 0.526. The van der Waals surface area contributed by atoms with Crippen LogP contribution in [-0.4, -0.2) is 23.6 Å². The second-order valence-electron chi connectivity index (χ2n) is 6.62. The average Bonchev–Trinajstić information content (AvgIpc) is 2.13. The van der Waals surface area contributed by atoms with Crippen molar-refractivity contribution in [3.63, 3.8) is 0 Å². The number of rotatable bonds is 5. The monoisotopic (exact) mass is 243 g/mol. The maximum absolute atomic E-state index is 3.81. The van der Waals surface area contributed by atoms with Crippen LogP contribution in [0.1, 0.15) is 53.9 Å². The van der Waals surface area contributed by atoms with Crippen molar-refractivity contribution in [2.24, 2.45) is 11.3 Å². The van der Waals surface area contributed by atoms with Gasteiger partial charge in [0.2, 0.25) is 0 Å². The molecule has 0 aromatic rings. The molecule has 1 fully saturated rings. The molecule has 1 aliphatic heterocycles. The summed E-state index contributed by atoms with van der Waals surface area (Å²) in [6, 6.07) is 1.41. The van der Waals surface area contributed by atoms with Gasteiger partial charge in [-0.15, -0.1) is 0 Å². The predicted octanol–water partition coefficient (Wildman–Crippen LogP) is 3.93. The van der Waals surface area contributed by atoms with Gasteiger partial charge in [-0.1, -0.05) is 27.7 Å². The van der Waals surface area contributed by atoms with E-state index >= 15 is 0 Å². The molecule has 1 nitrogen and oxygen atoms in total. The van der Waals surface area contributed by atoms with Crippen molar-refractivity contribution in [2.45, 2.75) is 66.0 Å². The van der Waals surface area contributed by atoms with Gasteiger partial charge < -0.3 is 5.32 Å². The van der Waals surface area contributed by atoms with E-state index in [9.17, 15) is 0 Å². The first kappa shape index (κ1) is 14.4. The van der Waals surface area contributed by atoms with E-state index in [-0.39, 0.29) is 0 Å². The summed E-state index contributed by atoms with van der Waals surface area (Å²) < 4.78 is 0. The van der Waals surface area contributed by atoms with Crippen LogP contribution in [0.2, 0.25) is 0 Å². The highest BCUT2D eigenvalue weighted by molar-refractivity contribution is 7.99. The maximum Gasteiger partial charge on any atom is 0.0166 e. The lowest BCUT2D eigenvalue weighted by atomic mass is 9.87. The normalized spacial score (nSPS) is 27.0. The van der Waals surface area contributed by atoms with Crippen LogP contribution in [0.25, 0.3) is 0 Å². The highest BCUT2D eigenvalue weighted by Gasteiger charge is 2.28. The second kappa shape index (κ2) is 6.30. The van der Waals surface area contributed by atoms with Gasteiger partial charge in [0, 0.05) is 17.8 Å². The molecule has 0 spiro atoms. The molecule has 1 N–H and O–H groups in total. The third-order valence-electron chi connectivity index (χ3n) is 3.31. The van der Waals surface area contributed by atoms with Crippen molar-refractivity contribution in [3.05, 3.63) is 0 Å². The molecule has 1 saturated heterocycles. The number of hydrogen-bond acceptors (Lipinski definition) is 2. The summed E-state index contributed by atoms with van der Waals surface area (Å²) >= 11 is 2.11. The molecule has 0 amide bonds. The Hall–Kier alpha value is 0.310. The van der Waals surface area contributed by atoms with E-state index in [2.05, 4.69) is 51.7 Å². The molecule has 2 unspecified atom stereocenters. The Labute approximate surface area is 106 Å². The predicted molar refractivity (Wildman–Crippen MR) is 76.2 cm³/mol. The van der Waals surface area contributed by atoms with Gasteiger partial charge >= 0.3 is 0 Å². The lowest BCUT2D eigenvalue weighted by molar-refractivity contribution is 0.296. The Morgan fingerprint density at radius 1 is 1.25 bits per heavy atom. The minimum Gasteiger partial charge on any atom is -0.311 e. The van der Waals surface area contributed by atoms with Gasteiger partial charge in [-0.05, 0) is 43.3 Å². The molecule has 16 heavy (non-hydrogen) atoms. The van der Waals surface area contributed by atoms with Gasteiger partial charge in [-0.3, -0.25) is 0 Å². The van der Waals surface area contributed by atoms with Crippen LogP contribution >= 0.6 is 11.8 Å². The van der Waals surface area contributed by atoms with E-state index in [1.54, 1.807) is 0 Å². The molecule has 1 rings (SSSR count). The van der Waals surface area contributed by atoms with Crippen molar-refractivity contribution < 1.29 is 0 Å². The van der Waals surface area contributed by atoms with E-state index in [0.717, 1.165) is 12.0 Å². The number of hydrogen-bond donors (Lipinski definition) is 1. The zero-order chi connectivity index (χ0) is 12.2. The standard InChI is InChI=1S/C14H29NS/c1-11(2)6-7-12(3)15-13-8-14(4,5)10-16-9-13/h11-13,15H,6-10H2,1-5H3. The first-order valence-corrected chi connectivity index (χ1v) is 7.88. The largest absolute Gasteiger partial charge is 0.311 e. The molecule has 96 valence electrons. The van der Waals surface area contributed by atoms with Crippen LogP contribution in [0, 0.1) is 11.3 Å². The third-order valence-corrected chi connectivity index (χ3v) is 4.93. The lowest BCUT2D eigenvalue weighted by Crippen LogP contribution is -2.44. The van der Waals surface area contributed by atoms with Crippen molar-refractivity contribution in [1.82, 2.24) is 5.32 Å². The summed E-state index contributed by atoms with van der Waals surface area (Å²) in [4.78, 5) is 0. The molecular weight excluding hydrogens is 214 g/mol. The zero-order valence-corrected chi connectivity index (χ0v) is 12.5. The number of nitrogens with one attached hydrogen (secondary N) is 1.